The van der Waals surface area contributed by atoms with Crippen LogP contribution >= 0.6 is 0 Å². The normalized spacial score (nSPS) is 21.8. The van der Waals surface area contributed by atoms with E-state index in [2.05, 4.69) is 4.98 Å². The van der Waals surface area contributed by atoms with E-state index in [0.717, 1.165) is 34.5 Å². The predicted molar refractivity (Wildman–Crippen MR) is 123 cm³/mol. The summed E-state index contributed by atoms with van der Waals surface area (Å²) in [6.07, 6.45) is 7.16. The van der Waals surface area contributed by atoms with Gasteiger partial charge in [0.1, 0.15) is 11.6 Å². The first-order chi connectivity index (χ1) is 16.0. The van der Waals surface area contributed by atoms with Gasteiger partial charge in [-0.25, -0.2) is 9.37 Å². The van der Waals surface area contributed by atoms with Crippen molar-refractivity contribution in [2.75, 3.05) is 20.3 Å². The maximum Gasteiger partial charge on any atom is 0.250 e. The van der Waals surface area contributed by atoms with Gasteiger partial charge in [-0.2, -0.15) is 0 Å². The van der Waals surface area contributed by atoms with Crippen molar-refractivity contribution in [3.8, 4) is 11.4 Å². The number of imidazole rings is 1. The number of methoxy groups -OCH3 is 1. The maximum atomic E-state index is 13.5. The molecule has 3 aromatic rings. The van der Waals surface area contributed by atoms with Crippen molar-refractivity contribution in [2.24, 2.45) is 0 Å². The number of rotatable bonds is 4. The van der Waals surface area contributed by atoms with Crippen LogP contribution in [0.2, 0.25) is 0 Å². The molecule has 2 fully saturated rings. The summed E-state index contributed by atoms with van der Waals surface area (Å²) < 4.78 is 26.8. The summed E-state index contributed by atoms with van der Waals surface area (Å²) in [6, 6.07) is 12.0. The second-order valence-corrected chi connectivity index (χ2v) is 8.53. The van der Waals surface area contributed by atoms with Crippen molar-refractivity contribution in [3.05, 3.63) is 83.2 Å². The van der Waals surface area contributed by atoms with E-state index in [9.17, 15) is 9.18 Å². The zero-order chi connectivity index (χ0) is 22.9. The highest BCUT2D eigenvalue weighted by Crippen LogP contribution is 2.36. The van der Waals surface area contributed by atoms with Gasteiger partial charge in [0.2, 0.25) is 0 Å². The Morgan fingerprint density at radius 3 is 2.73 bits per heavy atom. The number of amides is 1. The lowest BCUT2D eigenvalue weighted by Crippen LogP contribution is -2.53. The Morgan fingerprint density at radius 2 is 2.00 bits per heavy atom. The van der Waals surface area contributed by atoms with Gasteiger partial charge in [-0.05, 0) is 61.2 Å². The first-order valence-corrected chi connectivity index (χ1v) is 11.1. The van der Waals surface area contributed by atoms with Gasteiger partial charge in [0, 0.05) is 11.8 Å². The molecule has 2 atom stereocenters. The van der Waals surface area contributed by atoms with Gasteiger partial charge in [-0.3, -0.25) is 4.79 Å². The number of halogens is 1. The van der Waals surface area contributed by atoms with Crippen LogP contribution in [0, 0.1) is 12.7 Å². The highest BCUT2D eigenvalue weighted by molar-refractivity contribution is 5.99. The summed E-state index contributed by atoms with van der Waals surface area (Å²) in [5.41, 5.74) is 4.36. The lowest BCUT2D eigenvalue weighted by Gasteiger charge is -2.45. The molecule has 1 amide bonds. The number of aryl methyl sites for hydroxylation is 1. The fourth-order valence-electron chi connectivity index (χ4n) is 4.68. The molecule has 0 spiro atoms. The molecule has 33 heavy (non-hydrogen) atoms. The molecule has 2 saturated heterocycles. The fourth-order valence-corrected chi connectivity index (χ4v) is 4.68. The maximum absolute atomic E-state index is 13.5. The van der Waals surface area contributed by atoms with E-state index in [-0.39, 0.29) is 23.8 Å². The Labute approximate surface area is 192 Å². The van der Waals surface area contributed by atoms with Crippen LogP contribution < -0.4 is 4.74 Å². The lowest BCUT2D eigenvalue weighted by atomic mass is 9.91. The largest absolute Gasteiger partial charge is 0.495 e. The second-order valence-electron chi connectivity index (χ2n) is 8.53. The Bertz CT molecular complexity index is 1200. The molecule has 0 saturated carbocycles. The average molecular weight is 448 g/mol. The monoisotopic (exact) mass is 447 g/mol. The van der Waals surface area contributed by atoms with Crippen LogP contribution in [0.1, 0.15) is 35.7 Å². The van der Waals surface area contributed by atoms with Crippen molar-refractivity contribution in [1.29, 1.82) is 0 Å². The molecule has 6 nitrogen and oxygen atoms in total. The number of carbonyl (C=O) groups is 1. The molecule has 5 rings (SSSR count). The number of aromatic nitrogens is 2. The summed E-state index contributed by atoms with van der Waals surface area (Å²) in [5, 5.41) is 0. The zero-order valence-electron chi connectivity index (χ0n) is 18.7. The third-order valence-electron chi connectivity index (χ3n) is 6.36. The first kappa shape index (κ1) is 21.4. The van der Waals surface area contributed by atoms with Crippen LogP contribution in [-0.4, -0.2) is 46.7 Å². The number of piperidine rings is 1. The number of carbonyl (C=O) groups excluding carboxylic acids is 1. The molecule has 0 N–H and O–H groups in total. The number of benzene rings is 2. The number of nitrogens with zero attached hydrogens (tertiary/aromatic N) is 3. The number of hydrogen-bond acceptors (Lipinski definition) is 4. The summed E-state index contributed by atoms with van der Waals surface area (Å²) >= 11 is 0. The molecule has 7 heteroatoms. The molecule has 1 aromatic heterocycles. The van der Waals surface area contributed by atoms with Crippen molar-refractivity contribution in [3.63, 3.8) is 0 Å². The van der Waals surface area contributed by atoms with Crippen molar-refractivity contribution >= 4 is 12.0 Å². The van der Waals surface area contributed by atoms with Gasteiger partial charge < -0.3 is 18.9 Å². The van der Waals surface area contributed by atoms with Crippen LogP contribution in [0.3, 0.4) is 0 Å². The summed E-state index contributed by atoms with van der Waals surface area (Å²) in [4.78, 5) is 19.8. The van der Waals surface area contributed by atoms with E-state index in [1.54, 1.807) is 25.6 Å². The third-order valence-corrected chi connectivity index (χ3v) is 6.36. The van der Waals surface area contributed by atoms with Crippen molar-refractivity contribution < 1.29 is 18.7 Å². The van der Waals surface area contributed by atoms with Crippen LogP contribution in [-0.2, 0) is 9.53 Å². The Hall–Kier alpha value is -3.45. The molecule has 2 aliphatic heterocycles. The van der Waals surface area contributed by atoms with Gasteiger partial charge in [0.25, 0.3) is 5.91 Å². The molecule has 0 unspecified atom stereocenters. The molecule has 170 valence electrons. The predicted octanol–water partition coefficient (Wildman–Crippen LogP) is 4.47. The molecular formula is C26H26FN3O3. The highest BCUT2D eigenvalue weighted by Gasteiger charge is 2.40. The molecular weight excluding hydrogens is 421 g/mol. The van der Waals surface area contributed by atoms with E-state index in [1.165, 1.54) is 12.1 Å². The minimum Gasteiger partial charge on any atom is -0.495 e. The summed E-state index contributed by atoms with van der Waals surface area (Å²) in [5.74, 6) is 0.427. The van der Waals surface area contributed by atoms with E-state index in [1.807, 2.05) is 46.9 Å². The van der Waals surface area contributed by atoms with Gasteiger partial charge in [0.05, 0.1) is 50.1 Å². The van der Waals surface area contributed by atoms with Gasteiger partial charge in [0.15, 0.2) is 0 Å². The Balaban J connectivity index is 1.44. The van der Waals surface area contributed by atoms with Gasteiger partial charge >= 0.3 is 0 Å². The Kier molecular flexibility index (Phi) is 5.72. The topological polar surface area (TPSA) is 56.6 Å². The first-order valence-electron chi connectivity index (χ1n) is 11.1. The summed E-state index contributed by atoms with van der Waals surface area (Å²) in [7, 11) is 1.64. The molecule has 2 aromatic carbocycles. The Morgan fingerprint density at radius 1 is 1.18 bits per heavy atom. The zero-order valence-corrected chi connectivity index (χ0v) is 18.7. The smallest absolute Gasteiger partial charge is 0.250 e. The van der Waals surface area contributed by atoms with E-state index < -0.39 is 0 Å². The molecule has 0 radical (unpaired) electrons. The summed E-state index contributed by atoms with van der Waals surface area (Å²) in [6.45, 7) is 2.88. The van der Waals surface area contributed by atoms with Crippen LogP contribution in [0.25, 0.3) is 11.8 Å². The molecule has 3 heterocycles. The third kappa shape index (κ3) is 4.16. The number of hydrogen-bond donors (Lipinski definition) is 0. The quantitative estimate of drug-likeness (QED) is 0.554. The molecule has 0 bridgehead atoms. The number of fused-ring (bicyclic) bond motifs is 1. The average Bonchev–Trinajstić information content (AvgIpc) is 3.27. The van der Waals surface area contributed by atoms with Crippen molar-refractivity contribution in [2.45, 2.75) is 31.8 Å². The van der Waals surface area contributed by atoms with Crippen LogP contribution in [0.5, 0.6) is 5.75 Å². The standard InChI is InChI=1S/C26H26FN3O3/c1-17-13-29(16-28-17)23-10-3-18(12-25(23)32-2)11-20-6-9-22-14-33-15-24(30(22)26(20)31)19-4-7-21(27)8-5-19/h3-5,7-8,10-13,16,22,24H,6,9,14-15H2,1-2H3/t22-,24+/m0/s1. The number of morpholine rings is 1. The van der Waals surface area contributed by atoms with Crippen molar-refractivity contribution in [1.82, 2.24) is 14.5 Å². The van der Waals surface area contributed by atoms with E-state index in [4.69, 9.17) is 9.47 Å². The second kappa shape index (κ2) is 8.83. The minimum absolute atomic E-state index is 0.0113. The lowest BCUT2D eigenvalue weighted by molar-refractivity contribution is -0.145. The number of ether oxygens (including phenoxy) is 2. The van der Waals surface area contributed by atoms with Crippen LogP contribution in [0.15, 0.2) is 60.6 Å². The van der Waals surface area contributed by atoms with Gasteiger partial charge in [-0.15, -0.1) is 0 Å². The fraction of sp³-hybridized carbons (Fsp3) is 0.308. The molecule has 0 aliphatic carbocycles. The van der Waals surface area contributed by atoms with E-state index in [0.29, 0.717) is 25.4 Å². The van der Waals surface area contributed by atoms with Gasteiger partial charge in [-0.1, -0.05) is 18.2 Å². The van der Waals surface area contributed by atoms with Crippen LogP contribution in [0.4, 0.5) is 4.39 Å². The molecule has 2 aliphatic rings. The van der Waals surface area contributed by atoms with E-state index >= 15 is 0 Å². The highest BCUT2D eigenvalue weighted by atomic mass is 19.1. The SMILES string of the molecule is COc1cc(C=C2CC[C@H]3COC[C@H](c4ccc(F)cc4)N3C2=O)ccc1-n1cnc(C)c1. The minimum atomic E-state index is -0.291.